The van der Waals surface area contributed by atoms with Crippen LogP contribution < -0.4 is 5.43 Å². The van der Waals surface area contributed by atoms with Crippen LogP contribution in [0, 0.1) is 29.6 Å². The molecular formula is C25H21N3O5. The van der Waals surface area contributed by atoms with E-state index < -0.39 is 18.5 Å². The van der Waals surface area contributed by atoms with E-state index in [1.807, 2.05) is 30.3 Å². The number of carbonyl (C=O) groups is 2. The fraction of sp³-hybridized carbons (Fsp3) is 0.240. The molecule has 1 heterocycles. The molecule has 1 amide bonds. The summed E-state index contributed by atoms with van der Waals surface area (Å²) in [7, 11) is 0. The Hall–Kier alpha value is -4.43. The van der Waals surface area contributed by atoms with Crippen LogP contribution in [0.1, 0.15) is 28.8 Å². The highest BCUT2D eigenvalue weighted by atomic mass is 16.5. The predicted octanol–water partition coefficient (Wildman–Crippen LogP) is 3.58. The smallest absolute Gasteiger partial charge is 0.342 e. The number of rotatable bonds is 8. The maximum absolute atomic E-state index is 12.9. The topological polar surface area (TPSA) is 124 Å². The lowest BCUT2D eigenvalue weighted by Crippen LogP contribution is -2.36. The Morgan fingerprint density at radius 2 is 1.67 bits per heavy atom. The van der Waals surface area contributed by atoms with Gasteiger partial charge in [0, 0.05) is 24.2 Å². The van der Waals surface area contributed by atoms with Gasteiger partial charge in [-0.2, -0.15) is 10.5 Å². The highest BCUT2D eigenvalue weighted by Gasteiger charge is 2.21. The zero-order valence-electron chi connectivity index (χ0n) is 18.0. The van der Waals surface area contributed by atoms with Gasteiger partial charge in [0.25, 0.3) is 5.91 Å². The molecule has 2 aromatic carbocycles. The van der Waals surface area contributed by atoms with Gasteiger partial charge in [-0.1, -0.05) is 36.4 Å². The first-order valence-electron chi connectivity index (χ1n) is 10.3. The third-order valence-electron chi connectivity index (χ3n) is 5.07. The van der Waals surface area contributed by atoms with Crippen molar-refractivity contribution in [2.45, 2.75) is 19.8 Å². The monoisotopic (exact) mass is 443 g/mol. The quantitative estimate of drug-likeness (QED) is 0.487. The van der Waals surface area contributed by atoms with Gasteiger partial charge >= 0.3 is 5.97 Å². The van der Waals surface area contributed by atoms with Crippen molar-refractivity contribution in [2.24, 2.45) is 0 Å². The van der Waals surface area contributed by atoms with Crippen LogP contribution in [0.4, 0.5) is 0 Å². The van der Waals surface area contributed by atoms with Gasteiger partial charge in [-0.05, 0) is 19.1 Å². The number of hydrogen-bond donors (Lipinski definition) is 0. The normalized spacial score (nSPS) is 10.3. The van der Waals surface area contributed by atoms with Crippen molar-refractivity contribution >= 4 is 22.8 Å². The molecule has 3 rings (SSSR count). The molecule has 8 heteroatoms. The molecule has 0 fully saturated rings. The summed E-state index contributed by atoms with van der Waals surface area (Å²) in [6.45, 7) is 1.37. The largest absolute Gasteiger partial charge is 0.455 e. The van der Waals surface area contributed by atoms with Crippen molar-refractivity contribution in [3.05, 3.63) is 69.9 Å². The number of ether oxygens (including phenoxy) is 1. The molecule has 0 bridgehead atoms. The van der Waals surface area contributed by atoms with Gasteiger partial charge in [0.2, 0.25) is 0 Å². The fourth-order valence-electron chi connectivity index (χ4n) is 3.36. The van der Waals surface area contributed by atoms with E-state index in [9.17, 15) is 14.4 Å². The van der Waals surface area contributed by atoms with Crippen LogP contribution in [0.2, 0.25) is 0 Å². The van der Waals surface area contributed by atoms with Gasteiger partial charge in [0.1, 0.15) is 11.3 Å². The Balaban J connectivity index is 1.89. The maximum Gasteiger partial charge on any atom is 0.342 e. The molecule has 8 nitrogen and oxygen atoms in total. The molecule has 166 valence electrons. The van der Waals surface area contributed by atoms with Crippen molar-refractivity contribution in [2.75, 3.05) is 19.7 Å². The number of para-hydroxylation sites is 1. The van der Waals surface area contributed by atoms with Gasteiger partial charge in [-0.3, -0.25) is 9.59 Å². The third kappa shape index (κ3) is 5.25. The number of esters is 1. The molecule has 0 aliphatic rings. The number of nitrogens with zero attached hydrogens (tertiary/aromatic N) is 3. The van der Waals surface area contributed by atoms with E-state index >= 15 is 0 Å². The van der Waals surface area contributed by atoms with Crippen LogP contribution >= 0.6 is 0 Å². The van der Waals surface area contributed by atoms with Crippen LogP contribution in [0.3, 0.4) is 0 Å². The minimum Gasteiger partial charge on any atom is -0.455 e. The van der Waals surface area contributed by atoms with E-state index in [0.29, 0.717) is 16.9 Å². The van der Waals surface area contributed by atoms with E-state index in [4.69, 9.17) is 19.7 Å². The molecule has 1 aromatic heterocycles. The van der Waals surface area contributed by atoms with Gasteiger partial charge < -0.3 is 14.1 Å². The average molecular weight is 443 g/mol. The molecular weight excluding hydrogens is 422 g/mol. The lowest BCUT2D eigenvalue weighted by atomic mass is 10.0. The first-order chi connectivity index (χ1) is 16.0. The summed E-state index contributed by atoms with van der Waals surface area (Å²) in [6, 6.07) is 17.5. The molecule has 0 atom stereocenters. The molecule has 0 radical (unpaired) electrons. The second-order valence-electron chi connectivity index (χ2n) is 7.21. The zero-order chi connectivity index (χ0) is 23.8. The maximum atomic E-state index is 12.9. The first-order valence-corrected chi connectivity index (χ1v) is 10.3. The standard InChI is InChI=1S/C25H21N3O5/c1-17-22(30)19-10-5-11-20(24(19)33-23(17)18-8-3-2-4-9-18)25(31)32-16-21(29)28(14-6-12-26)15-7-13-27/h2-5,8-11H,6-7,14-16H2,1H3. The molecule has 0 aliphatic carbocycles. The van der Waals surface area contributed by atoms with Gasteiger partial charge in [-0.15, -0.1) is 0 Å². The summed E-state index contributed by atoms with van der Waals surface area (Å²) < 4.78 is 11.2. The Bertz CT molecular complexity index is 1300. The molecule has 0 N–H and O–H groups in total. The number of carbonyl (C=O) groups excluding carboxylic acids is 2. The lowest BCUT2D eigenvalue weighted by molar-refractivity contribution is -0.134. The van der Waals surface area contributed by atoms with Crippen LogP contribution in [-0.2, 0) is 9.53 Å². The van der Waals surface area contributed by atoms with Crippen LogP contribution in [0.5, 0.6) is 0 Å². The van der Waals surface area contributed by atoms with E-state index in [-0.39, 0.29) is 47.9 Å². The number of amides is 1. The second kappa shape index (κ2) is 10.7. The van der Waals surface area contributed by atoms with Gasteiger partial charge in [0.05, 0.1) is 30.4 Å². The molecule has 0 saturated heterocycles. The number of hydrogen-bond acceptors (Lipinski definition) is 7. The number of nitriles is 2. The van der Waals surface area contributed by atoms with E-state index in [2.05, 4.69) is 0 Å². The van der Waals surface area contributed by atoms with E-state index in [1.165, 1.54) is 11.0 Å². The zero-order valence-corrected chi connectivity index (χ0v) is 18.0. The van der Waals surface area contributed by atoms with Crippen molar-refractivity contribution in [1.82, 2.24) is 4.90 Å². The molecule has 0 saturated carbocycles. The number of fused-ring (bicyclic) bond motifs is 1. The first kappa shape index (κ1) is 23.2. The summed E-state index contributed by atoms with van der Waals surface area (Å²) in [5.74, 6) is -0.986. The highest BCUT2D eigenvalue weighted by Crippen LogP contribution is 2.27. The summed E-state index contributed by atoms with van der Waals surface area (Å²) in [5.41, 5.74) is 0.948. The Labute approximate surface area is 190 Å². The average Bonchev–Trinajstić information content (AvgIpc) is 2.84. The minimum atomic E-state index is -0.819. The highest BCUT2D eigenvalue weighted by molar-refractivity contribution is 6.02. The van der Waals surface area contributed by atoms with E-state index in [0.717, 1.165) is 0 Å². The Morgan fingerprint density at radius 3 is 2.30 bits per heavy atom. The fourth-order valence-corrected chi connectivity index (χ4v) is 3.36. The SMILES string of the molecule is Cc1c(-c2ccccc2)oc2c(C(=O)OCC(=O)N(CCC#N)CCC#N)cccc2c1=O. The van der Waals surface area contributed by atoms with Crippen LogP contribution in [0.25, 0.3) is 22.3 Å². The molecule has 3 aromatic rings. The summed E-state index contributed by atoms with van der Waals surface area (Å²) >= 11 is 0. The van der Waals surface area contributed by atoms with Gasteiger partial charge in [-0.25, -0.2) is 4.79 Å². The van der Waals surface area contributed by atoms with Crippen molar-refractivity contribution in [3.63, 3.8) is 0 Å². The van der Waals surface area contributed by atoms with Crippen molar-refractivity contribution in [1.29, 1.82) is 10.5 Å². The van der Waals surface area contributed by atoms with Crippen LogP contribution in [-0.4, -0.2) is 36.5 Å². The minimum absolute atomic E-state index is 0.0233. The van der Waals surface area contributed by atoms with Crippen molar-refractivity contribution in [3.8, 4) is 23.5 Å². The number of benzene rings is 2. The second-order valence-corrected chi connectivity index (χ2v) is 7.21. The summed E-state index contributed by atoms with van der Waals surface area (Å²) in [5, 5.41) is 17.8. The van der Waals surface area contributed by atoms with Crippen LogP contribution in [0.15, 0.2) is 57.7 Å². The summed E-state index contributed by atoms with van der Waals surface area (Å²) in [6.07, 6.45) is 0.197. The Kier molecular flexibility index (Phi) is 7.56. The summed E-state index contributed by atoms with van der Waals surface area (Å²) in [4.78, 5) is 39.5. The Morgan fingerprint density at radius 1 is 1.00 bits per heavy atom. The molecule has 33 heavy (non-hydrogen) atoms. The predicted molar refractivity (Wildman–Crippen MR) is 120 cm³/mol. The lowest BCUT2D eigenvalue weighted by Gasteiger charge is -2.20. The molecule has 0 spiro atoms. The molecule has 0 aliphatic heterocycles. The molecule has 0 unspecified atom stereocenters. The van der Waals surface area contributed by atoms with Crippen molar-refractivity contribution < 1.29 is 18.7 Å². The van der Waals surface area contributed by atoms with Gasteiger partial charge in [0.15, 0.2) is 17.6 Å². The van der Waals surface area contributed by atoms with E-state index in [1.54, 1.807) is 31.2 Å². The third-order valence-corrected chi connectivity index (χ3v) is 5.07.